The summed E-state index contributed by atoms with van der Waals surface area (Å²) in [6.45, 7) is 1.95. The monoisotopic (exact) mass is 329 g/mol. The fraction of sp³-hybridized carbons (Fsp3) is 0.188. The van der Waals surface area contributed by atoms with Gasteiger partial charge in [-0.05, 0) is 48.9 Å². The highest BCUT2D eigenvalue weighted by Crippen LogP contribution is 2.25. The Bertz CT molecular complexity index is 870. The van der Waals surface area contributed by atoms with Crippen molar-refractivity contribution in [3.8, 4) is 11.4 Å². The van der Waals surface area contributed by atoms with Crippen LogP contribution in [0.1, 0.15) is 5.56 Å². The zero-order valence-electron chi connectivity index (χ0n) is 12.8. The second-order valence-electron chi connectivity index (χ2n) is 5.05. The SMILES string of the molecule is COc1ccc(-n2nc3cc(C)c(N=C(N)CCl)cc3n2)cc1. The molecule has 1 heterocycles. The van der Waals surface area contributed by atoms with E-state index in [0.29, 0.717) is 5.84 Å². The number of aryl methyl sites for hydroxylation is 1. The van der Waals surface area contributed by atoms with Gasteiger partial charge in [-0.3, -0.25) is 0 Å². The van der Waals surface area contributed by atoms with E-state index in [-0.39, 0.29) is 5.88 Å². The van der Waals surface area contributed by atoms with E-state index in [9.17, 15) is 0 Å². The number of fused-ring (bicyclic) bond motifs is 1. The van der Waals surface area contributed by atoms with Crippen molar-refractivity contribution in [2.75, 3.05) is 13.0 Å². The van der Waals surface area contributed by atoms with Gasteiger partial charge in [0.05, 0.1) is 24.4 Å². The summed E-state index contributed by atoms with van der Waals surface area (Å²) in [7, 11) is 1.63. The predicted octanol–water partition coefficient (Wildman–Crippen LogP) is 2.97. The largest absolute Gasteiger partial charge is 0.497 e. The van der Waals surface area contributed by atoms with Crippen LogP contribution in [0.3, 0.4) is 0 Å². The lowest BCUT2D eigenvalue weighted by atomic mass is 10.2. The maximum atomic E-state index is 5.71. The average Bonchev–Trinajstić information content (AvgIpc) is 2.97. The molecular formula is C16H16ClN5O. The van der Waals surface area contributed by atoms with Crippen LogP contribution in [0, 0.1) is 6.92 Å². The summed E-state index contributed by atoms with van der Waals surface area (Å²) in [6, 6.07) is 11.3. The molecule has 0 saturated heterocycles. The number of alkyl halides is 1. The van der Waals surface area contributed by atoms with Crippen molar-refractivity contribution >= 4 is 34.2 Å². The van der Waals surface area contributed by atoms with Crippen molar-refractivity contribution < 1.29 is 4.74 Å². The fourth-order valence-electron chi connectivity index (χ4n) is 2.19. The zero-order valence-corrected chi connectivity index (χ0v) is 13.6. The molecule has 1 aromatic heterocycles. The summed E-state index contributed by atoms with van der Waals surface area (Å²) >= 11 is 5.68. The molecule has 0 fully saturated rings. The smallest absolute Gasteiger partial charge is 0.119 e. The minimum Gasteiger partial charge on any atom is -0.497 e. The van der Waals surface area contributed by atoms with E-state index in [1.807, 2.05) is 43.3 Å². The summed E-state index contributed by atoms with van der Waals surface area (Å²) in [5, 5.41) is 8.99. The van der Waals surface area contributed by atoms with E-state index >= 15 is 0 Å². The number of ether oxygens (including phenoxy) is 1. The highest BCUT2D eigenvalue weighted by Gasteiger charge is 2.08. The van der Waals surface area contributed by atoms with Gasteiger partial charge in [0.1, 0.15) is 22.6 Å². The molecule has 3 rings (SSSR count). The highest BCUT2D eigenvalue weighted by atomic mass is 35.5. The van der Waals surface area contributed by atoms with E-state index in [1.54, 1.807) is 11.9 Å². The number of nitrogens with zero attached hydrogens (tertiary/aromatic N) is 4. The van der Waals surface area contributed by atoms with Gasteiger partial charge in [-0.15, -0.1) is 21.8 Å². The van der Waals surface area contributed by atoms with Crippen LogP contribution in [0.2, 0.25) is 0 Å². The minimum absolute atomic E-state index is 0.190. The first kappa shape index (κ1) is 15.3. The van der Waals surface area contributed by atoms with E-state index in [1.165, 1.54) is 0 Å². The Kier molecular flexibility index (Phi) is 4.16. The molecule has 0 amide bonds. The number of hydrogen-bond donors (Lipinski definition) is 1. The average molecular weight is 330 g/mol. The van der Waals surface area contributed by atoms with Gasteiger partial charge in [-0.1, -0.05) is 0 Å². The Labute approximate surface area is 138 Å². The van der Waals surface area contributed by atoms with Crippen molar-refractivity contribution in [1.82, 2.24) is 15.0 Å². The number of rotatable bonds is 4. The van der Waals surface area contributed by atoms with Crippen molar-refractivity contribution in [2.24, 2.45) is 10.7 Å². The number of hydrogen-bond acceptors (Lipinski definition) is 4. The Morgan fingerprint density at radius 3 is 2.48 bits per heavy atom. The van der Waals surface area contributed by atoms with Gasteiger partial charge < -0.3 is 10.5 Å². The van der Waals surface area contributed by atoms with Gasteiger partial charge in [0.25, 0.3) is 0 Å². The third-order valence-corrected chi connectivity index (χ3v) is 3.68. The van der Waals surface area contributed by atoms with E-state index < -0.39 is 0 Å². The molecule has 0 atom stereocenters. The van der Waals surface area contributed by atoms with Crippen LogP contribution in [-0.2, 0) is 0 Å². The molecule has 0 saturated carbocycles. The van der Waals surface area contributed by atoms with Gasteiger partial charge >= 0.3 is 0 Å². The molecule has 0 unspecified atom stereocenters. The lowest BCUT2D eigenvalue weighted by Gasteiger charge is -2.01. The first-order chi connectivity index (χ1) is 11.1. The van der Waals surface area contributed by atoms with Gasteiger partial charge in [-0.25, -0.2) is 4.99 Å². The Balaban J connectivity index is 2.04. The molecule has 7 heteroatoms. The van der Waals surface area contributed by atoms with Crippen molar-refractivity contribution in [3.05, 3.63) is 42.0 Å². The molecule has 0 aliphatic heterocycles. The van der Waals surface area contributed by atoms with Crippen molar-refractivity contribution in [2.45, 2.75) is 6.92 Å². The number of amidine groups is 1. The lowest BCUT2D eigenvalue weighted by Crippen LogP contribution is -2.12. The van der Waals surface area contributed by atoms with Gasteiger partial charge in [0.2, 0.25) is 0 Å². The van der Waals surface area contributed by atoms with Crippen molar-refractivity contribution in [1.29, 1.82) is 0 Å². The zero-order chi connectivity index (χ0) is 16.4. The van der Waals surface area contributed by atoms with Crippen LogP contribution in [0.4, 0.5) is 5.69 Å². The maximum Gasteiger partial charge on any atom is 0.119 e. The molecule has 2 aromatic carbocycles. The van der Waals surface area contributed by atoms with Crippen LogP contribution in [-0.4, -0.2) is 33.8 Å². The fourth-order valence-corrected chi connectivity index (χ4v) is 2.25. The summed E-state index contributed by atoms with van der Waals surface area (Å²) < 4.78 is 5.16. The normalized spacial score (nSPS) is 11.9. The third-order valence-electron chi connectivity index (χ3n) is 3.40. The number of aliphatic imine (C=N–C) groups is 1. The molecule has 0 bridgehead atoms. The van der Waals surface area contributed by atoms with E-state index in [0.717, 1.165) is 33.7 Å². The Hall–Kier alpha value is -2.60. The van der Waals surface area contributed by atoms with Crippen LogP contribution in [0.5, 0.6) is 5.75 Å². The summed E-state index contributed by atoms with van der Waals surface area (Å²) in [4.78, 5) is 5.89. The Morgan fingerprint density at radius 1 is 1.22 bits per heavy atom. The van der Waals surface area contributed by atoms with Gasteiger partial charge in [-0.2, -0.15) is 4.80 Å². The second-order valence-corrected chi connectivity index (χ2v) is 5.32. The van der Waals surface area contributed by atoms with Gasteiger partial charge in [0.15, 0.2) is 0 Å². The topological polar surface area (TPSA) is 78.3 Å². The number of methoxy groups -OCH3 is 1. The van der Waals surface area contributed by atoms with Gasteiger partial charge in [0, 0.05) is 0 Å². The van der Waals surface area contributed by atoms with Crippen LogP contribution in [0.25, 0.3) is 16.7 Å². The molecule has 0 aliphatic carbocycles. The van der Waals surface area contributed by atoms with Crippen LogP contribution >= 0.6 is 11.6 Å². The minimum atomic E-state index is 0.190. The van der Waals surface area contributed by atoms with E-state index in [4.69, 9.17) is 22.1 Å². The van der Waals surface area contributed by atoms with Crippen LogP contribution in [0.15, 0.2) is 41.4 Å². The molecule has 0 aliphatic rings. The van der Waals surface area contributed by atoms with Crippen molar-refractivity contribution in [3.63, 3.8) is 0 Å². The third kappa shape index (κ3) is 3.12. The number of benzene rings is 2. The van der Waals surface area contributed by atoms with Crippen LogP contribution < -0.4 is 10.5 Å². The summed E-state index contributed by atoms with van der Waals surface area (Å²) in [6.07, 6.45) is 0. The summed E-state index contributed by atoms with van der Waals surface area (Å²) in [5.41, 5.74) is 9.81. The summed E-state index contributed by atoms with van der Waals surface area (Å²) in [5.74, 6) is 1.35. The quantitative estimate of drug-likeness (QED) is 0.453. The number of nitrogens with two attached hydrogens (primary N) is 1. The predicted molar refractivity (Wildman–Crippen MR) is 92.2 cm³/mol. The highest BCUT2D eigenvalue weighted by molar-refractivity contribution is 6.28. The maximum absolute atomic E-state index is 5.71. The molecule has 6 nitrogen and oxygen atoms in total. The molecule has 0 spiro atoms. The second kappa shape index (κ2) is 6.26. The lowest BCUT2D eigenvalue weighted by molar-refractivity contribution is 0.414. The molecule has 118 valence electrons. The Morgan fingerprint density at radius 2 is 1.87 bits per heavy atom. The molecule has 2 N–H and O–H groups in total. The molecule has 23 heavy (non-hydrogen) atoms. The first-order valence-corrected chi connectivity index (χ1v) is 7.55. The standard InChI is InChI=1S/C16H16ClN5O/c1-10-7-14-15(8-13(10)19-16(18)9-17)21-22(20-14)11-3-5-12(23-2)6-4-11/h3-8H,9H2,1-2H3,(H2,18,19). The molecule has 3 aromatic rings. The molecule has 0 radical (unpaired) electrons. The first-order valence-electron chi connectivity index (χ1n) is 7.02. The number of halogens is 1. The number of aromatic nitrogens is 3. The van der Waals surface area contributed by atoms with E-state index in [2.05, 4.69) is 15.2 Å². The molecular weight excluding hydrogens is 314 g/mol.